The molecule has 9 nitrogen and oxygen atoms in total. The van der Waals surface area contributed by atoms with E-state index in [0.29, 0.717) is 30.9 Å². The first-order chi connectivity index (χ1) is 16.5. The Labute approximate surface area is 195 Å². The summed E-state index contributed by atoms with van der Waals surface area (Å²) in [5.74, 6) is -0.763. The summed E-state index contributed by atoms with van der Waals surface area (Å²) in [6.07, 6.45) is 4.29. The molecule has 2 N–H and O–H groups in total. The number of aromatic nitrogens is 3. The zero-order valence-electron chi connectivity index (χ0n) is 19.0. The zero-order valence-corrected chi connectivity index (χ0v) is 19.0. The molecule has 2 fully saturated rings. The molecule has 5 rings (SSSR count). The second kappa shape index (κ2) is 9.02. The summed E-state index contributed by atoms with van der Waals surface area (Å²) < 4.78 is 16.5. The number of benzene rings is 1. The normalized spacial score (nSPS) is 17.1. The lowest BCUT2D eigenvalue weighted by molar-refractivity contribution is 0.0958. The second-order valence-electron chi connectivity index (χ2n) is 8.90. The highest BCUT2D eigenvalue weighted by Gasteiger charge is 2.25. The first kappa shape index (κ1) is 22.3. The predicted molar refractivity (Wildman–Crippen MR) is 127 cm³/mol. The predicted octanol–water partition coefficient (Wildman–Crippen LogP) is 1.63. The van der Waals surface area contributed by atoms with Crippen LogP contribution in [0, 0.1) is 5.82 Å². The van der Waals surface area contributed by atoms with Crippen molar-refractivity contribution >= 4 is 22.5 Å². The molecule has 0 spiro atoms. The molecular formula is C24H27FN6O3. The standard InChI is InChI=1S/C24H27FN6O3/c1-26-22(32)19-8-6-17(13-27-19)30-11-9-29(10-12-30)14-15-5-7-18-21(20(15)25)28-24(34)31(23(18)33)16-3-2-4-16/h5-8,13,16H,2-4,9-12,14H2,1H3,(H,26,32)(H,28,34). The second-order valence-corrected chi connectivity index (χ2v) is 8.90. The van der Waals surface area contributed by atoms with E-state index < -0.39 is 17.1 Å². The number of halogens is 1. The van der Waals surface area contributed by atoms with E-state index >= 15 is 4.39 Å². The number of nitrogens with zero attached hydrogens (tertiary/aromatic N) is 4. The van der Waals surface area contributed by atoms with E-state index in [4.69, 9.17) is 0 Å². The Balaban J connectivity index is 1.29. The van der Waals surface area contributed by atoms with Gasteiger partial charge in [-0.05, 0) is 37.5 Å². The number of carbonyl (C=O) groups is 1. The van der Waals surface area contributed by atoms with Gasteiger partial charge in [0.25, 0.3) is 11.5 Å². The van der Waals surface area contributed by atoms with Crippen molar-refractivity contribution in [3.05, 3.63) is 68.4 Å². The number of hydrogen-bond acceptors (Lipinski definition) is 6. The Bertz CT molecular complexity index is 1340. The fraction of sp³-hybridized carbons (Fsp3) is 0.417. The van der Waals surface area contributed by atoms with Gasteiger partial charge in [0.2, 0.25) is 0 Å². The van der Waals surface area contributed by atoms with Gasteiger partial charge in [-0.2, -0.15) is 0 Å². The summed E-state index contributed by atoms with van der Waals surface area (Å²) in [5.41, 5.74) is 0.790. The summed E-state index contributed by atoms with van der Waals surface area (Å²) in [6.45, 7) is 3.29. The quantitative estimate of drug-likeness (QED) is 0.593. The highest BCUT2D eigenvalue weighted by molar-refractivity contribution is 5.92. The van der Waals surface area contributed by atoms with Crippen LogP contribution in [0.3, 0.4) is 0 Å². The molecule has 0 unspecified atom stereocenters. The van der Waals surface area contributed by atoms with Crippen LogP contribution in [0.1, 0.15) is 41.4 Å². The maximum absolute atomic E-state index is 15.3. The number of fused-ring (bicyclic) bond motifs is 1. The minimum Gasteiger partial charge on any atom is -0.368 e. The van der Waals surface area contributed by atoms with Gasteiger partial charge in [-0.25, -0.2) is 14.2 Å². The molecule has 1 aliphatic heterocycles. The maximum atomic E-state index is 15.3. The van der Waals surface area contributed by atoms with Crippen molar-refractivity contribution in [2.24, 2.45) is 0 Å². The number of anilines is 1. The minimum absolute atomic E-state index is 0.0102. The fourth-order valence-corrected chi connectivity index (χ4v) is 4.65. The van der Waals surface area contributed by atoms with Crippen molar-refractivity contribution in [2.45, 2.75) is 31.8 Å². The fourth-order valence-electron chi connectivity index (χ4n) is 4.65. The van der Waals surface area contributed by atoms with Crippen molar-refractivity contribution in [3.63, 3.8) is 0 Å². The van der Waals surface area contributed by atoms with Crippen molar-refractivity contribution in [1.29, 1.82) is 0 Å². The molecule has 1 aliphatic carbocycles. The Hall–Kier alpha value is -3.53. The summed E-state index contributed by atoms with van der Waals surface area (Å²) in [6, 6.07) is 6.76. The van der Waals surface area contributed by atoms with Gasteiger partial charge >= 0.3 is 5.69 Å². The first-order valence-electron chi connectivity index (χ1n) is 11.6. The molecule has 1 amide bonds. The molecular weight excluding hydrogens is 439 g/mol. The van der Waals surface area contributed by atoms with Gasteiger partial charge in [0.05, 0.1) is 22.8 Å². The van der Waals surface area contributed by atoms with Crippen LogP contribution in [0.4, 0.5) is 10.1 Å². The number of piperazine rings is 1. The van der Waals surface area contributed by atoms with Crippen molar-refractivity contribution in [1.82, 2.24) is 24.8 Å². The third kappa shape index (κ3) is 3.98. The van der Waals surface area contributed by atoms with Crippen LogP contribution in [0.15, 0.2) is 40.1 Å². The third-order valence-electron chi connectivity index (χ3n) is 6.90. The van der Waals surface area contributed by atoms with Gasteiger partial charge in [0.15, 0.2) is 5.82 Å². The van der Waals surface area contributed by atoms with Gasteiger partial charge in [-0.15, -0.1) is 0 Å². The molecule has 0 radical (unpaired) electrons. The lowest BCUT2D eigenvalue weighted by Gasteiger charge is -2.36. The van der Waals surface area contributed by atoms with Crippen LogP contribution < -0.4 is 21.5 Å². The van der Waals surface area contributed by atoms with E-state index in [1.807, 2.05) is 6.07 Å². The lowest BCUT2D eigenvalue weighted by atomic mass is 9.93. The van der Waals surface area contributed by atoms with Crippen LogP contribution in [0.25, 0.3) is 10.9 Å². The number of hydrogen-bond donors (Lipinski definition) is 2. The largest absolute Gasteiger partial charge is 0.368 e. The molecule has 1 aromatic carbocycles. The van der Waals surface area contributed by atoms with E-state index in [1.54, 1.807) is 31.4 Å². The summed E-state index contributed by atoms with van der Waals surface area (Å²) in [7, 11) is 1.57. The first-order valence-corrected chi connectivity index (χ1v) is 11.6. The molecule has 3 aromatic rings. The Morgan fingerprint density at radius 2 is 1.91 bits per heavy atom. The summed E-state index contributed by atoms with van der Waals surface area (Å²) in [5, 5.41) is 2.77. The van der Waals surface area contributed by atoms with Gasteiger partial charge < -0.3 is 15.2 Å². The molecule has 10 heteroatoms. The van der Waals surface area contributed by atoms with E-state index in [-0.39, 0.29) is 22.9 Å². The monoisotopic (exact) mass is 466 g/mol. The highest BCUT2D eigenvalue weighted by Crippen LogP contribution is 2.29. The third-order valence-corrected chi connectivity index (χ3v) is 6.90. The molecule has 0 bridgehead atoms. The van der Waals surface area contributed by atoms with Crippen LogP contribution in [-0.4, -0.2) is 58.6 Å². The van der Waals surface area contributed by atoms with Gasteiger partial charge in [0, 0.05) is 51.4 Å². The molecule has 34 heavy (non-hydrogen) atoms. The number of carbonyl (C=O) groups excluding carboxylic acids is 1. The average Bonchev–Trinajstić information content (AvgIpc) is 2.82. The Morgan fingerprint density at radius 1 is 1.15 bits per heavy atom. The molecule has 1 saturated heterocycles. The zero-order chi connectivity index (χ0) is 23.8. The average molecular weight is 467 g/mol. The molecule has 178 valence electrons. The van der Waals surface area contributed by atoms with Gasteiger partial charge in [-0.3, -0.25) is 19.1 Å². The van der Waals surface area contributed by atoms with Crippen LogP contribution in [0.2, 0.25) is 0 Å². The minimum atomic E-state index is -0.539. The summed E-state index contributed by atoms with van der Waals surface area (Å²) in [4.78, 5) is 48.1. The summed E-state index contributed by atoms with van der Waals surface area (Å²) >= 11 is 0. The molecule has 0 atom stereocenters. The van der Waals surface area contributed by atoms with E-state index in [1.165, 1.54) is 4.57 Å². The molecule has 2 aliphatic rings. The SMILES string of the molecule is CNC(=O)c1ccc(N2CCN(Cc3ccc4c(=O)n(C5CCC5)c(=O)[nH]c4c3F)CC2)cn1. The number of H-pyrrole nitrogens is 1. The van der Waals surface area contributed by atoms with Gasteiger partial charge in [-0.1, -0.05) is 6.07 Å². The smallest absolute Gasteiger partial charge is 0.329 e. The van der Waals surface area contributed by atoms with Crippen LogP contribution >= 0.6 is 0 Å². The topological polar surface area (TPSA) is 103 Å². The molecule has 3 heterocycles. The maximum Gasteiger partial charge on any atom is 0.329 e. The lowest BCUT2D eigenvalue weighted by Crippen LogP contribution is -2.46. The Morgan fingerprint density at radius 3 is 2.53 bits per heavy atom. The van der Waals surface area contributed by atoms with E-state index in [0.717, 1.165) is 38.0 Å². The van der Waals surface area contributed by atoms with E-state index in [9.17, 15) is 14.4 Å². The number of aromatic amines is 1. The molecule has 1 saturated carbocycles. The number of pyridine rings is 1. The highest BCUT2D eigenvalue weighted by atomic mass is 19.1. The van der Waals surface area contributed by atoms with E-state index in [2.05, 4.69) is 25.1 Å². The van der Waals surface area contributed by atoms with Crippen molar-refractivity contribution < 1.29 is 9.18 Å². The van der Waals surface area contributed by atoms with Crippen molar-refractivity contribution in [2.75, 3.05) is 38.1 Å². The van der Waals surface area contributed by atoms with Gasteiger partial charge in [0.1, 0.15) is 5.69 Å². The Kier molecular flexibility index (Phi) is 5.91. The van der Waals surface area contributed by atoms with Crippen molar-refractivity contribution in [3.8, 4) is 0 Å². The molecule has 2 aromatic heterocycles. The number of nitrogens with one attached hydrogen (secondary N) is 2. The number of amides is 1. The van der Waals surface area contributed by atoms with Crippen LogP contribution in [0.5, 0.6) is 0 Å². The number of rotatable bonds is 5. The van der Waals surface area contributed by atoms with Crippen LogP contribution in [-0.2, 0) is 6.54 Å².